The van der Waals surface area contributed by atoms with E-state index < -0.39 is 6.09 Å². The molecule has 2 unspecified atom stereocenters. The van der Waals surface area contributed by atoms with Crippen LogP contribution in [0, 0.1) is 11.8 Å². The summed E-state index contributed by atoms with van der Waals surface area (Å²) in [6, 6.07) is 0.270. The summed E-state index contributed by atoms with van der Waals surface area (Å²) in [7, 11) is 0. The maximum Gasteiger partial charge on any atom is 0.404 e. The number of fused-ring (bicyclic) bond motifs is 2. The standard InChI is InChI=1S/C8H13NO2/c10-8(11)9-7-4-5-1-2-6(7)3-5/h5-7,9H,1-4H2,(H,10,11)/t5-,6?,7?/m0/s1. The van der Waals surface area contributed by atoms with Crippen molar-refractivity contribution in [2.45, 2.75) is 31.7 Å². The average Bonchev–Trinajstić information content (AvgIpc) is 2.45. The molecular formula is C8H13NO2. The molecule has 0 heterocycles. The maximum absolute atomic E-state index is 10.3. The van der Waals surface area contributed by atoms with Crippen LogP contribution in [0.1, 0.15) is 25.7 Å². The summed E-state index contributed by atoms with van der Waals surface area (Å²) in [5, 5.41) is 11.1. The Hall–Kier alpha value is -0.730. The zero-order chi connectivity index (χ0) is 7.84. The molecule has 2 aliphatic rings. The Labute approximate surface area is 65.8 Å². The fourth-order valence-electron chi connectivity index (χ4n) is 2.58. The van der Waals surface area contributed by atoms with Crippen LogP contribution in [0.5, 0.6) is 0 Å². The number of amides is 1. The Morgan fingerprint density at radius 1 is 1.36 bits per heavy atom. The second-order valence-electron chi connectivity index (χ2n) is 3.73. The number of carbonyl (C=O) groups is 1. The number of nitrogens with one attached hydrogen (secondary N) is 1. The van der Waals surface area contributed by atoms with E-state index in [4.69, 9.17) is 5.11 Å². The number of hydrogen-bond donors (Lipinski definition) is 2. The van der Waals surface area contributed by atoms with Gasteiger partial charge in [-0.3, -0.25) is 0 Å². The predicted molar refractivity (Wildman–Crippen MR) is 40.4 cm³/mol. The van der Waals surface area contributed by atoms with Gasteiger partial charge in [-0.15, -0.1) is 0 Å². The van der Waals surface area contributed by atoms with Gasteiger partial charge in [-0.1, -0.05) is 6.42 Å². The highest BCUT2D eigenvalue weighted by molar-refractivity contribution is 5.65. The van der Waals surface area contributed by atoms with Gasteiger partial charge in [0.15, 0.2) is 0 Å². The van der Waals surface area contributed by atoms with Gasteiger partial charge in [0.05, 0.1) is 0 Å². The van der Waals surface area contributed by atoms with Crippen LogP contribution in [0.3, 0.4) is 0 Å². The lowest BCUT2D eigenvalue weighted by molar-refractivity contribution is 0.184. The number of carboxylic acid groups (broad SMARTS) is 1. The van der Waals surface area contributed by atoms with Gasteiger partial charge >= 0.3 is 6.09 Å². The van der Waals surface area contributed by atoms with Crippen LogP contribution >= 0.6 is 0 Å². The predicted octanol–water partition coefficient (Wildman–Crippen LogP) is 1.44. The quantitative estimate of drug-likeness (QED) is 0.602. The summed E-state index contributed by atoms with van der Waals surface area (Å²) in [6.45, 7) is 0. The lowest BCUT2D eigenvalue weighted by Crippen LogP contribution is -2.37. The fraction of sp³-hybridized carbons (Fsp3) is 0.875. The van der Waals surface area contributed by atoms with Crippen LogP contribution in [0.15, 0.2) is 0 Å². The van der Waals surface area contributed by atoms with Crippen LogP contribution < -0.4 is 5.32 Å². The van der Waals surface area contributed by atoms with Gasteiger partial charge < -0.3 is 10.4 Å². The molecule has 2 rings (SSSR count). The Balaban J connectivity index is 1.92. The van der Waals surface area contributed by atoms with Gasteiger partial charge in [-0.2, -0.15) is 0 Å². The highest BCUT2D eigenvalue weighted by Crippen LogP contribution is 2.44. The lowest BCUT2D eigenvalue weighted by atomic mass is 9.96. The van der Waals surface area contributed by atoms with Gasteiger partial charge in [0, 0.05) is 6.04 Å². The third-order valence-electron chi connectivity index (χ3n) is 3.05. The van der Waals surface area contributed by atoms with Crippen molar-refractivity contribution in [2.24, 2.45) is 11.8 Å². The molecule has 2 N–H and O–H groups in total. The zero-order valence-corrected chi connectivity index (χ0v) is 6.42. The molecule has 3 atom stereocenters. The minimum atomic E-state index is -0.859. The van der Waals surface area contributed by atoms with Crippen molar-refractivity contribution in [2.75, 3.05) is 0 Å². The third kappa shape index (κ3) is 1.19. The highest BCUT2D eigenvalue weighted by Gasteiger charge is 2.39. The van der Waals surface area contributed by atoms with Crippen LogP contribution in [0.2, 0.25) is 0 Å². The molecule has 0 radical (unpaired) electrons. The van der Waals surface area contributed by atoms with E-state index in [-0.39, 0.29) is 6.04 Å². The van der Waals surface area contributed by atoms with Crippen molar-refractivity contribution in [3.05, 3.63) is 0 Å². The van der Waals surface area contributed by atoms with Crippen LogP contribution in [-0.4, -0.2) is 17.2 Å². The van der Waals surface area contributed by atoms with Crippen molar-refractivity contribution in [3.8, 4) is 0 Å². The molecule has 0 aliphatic heterocycles. The first kappa shape index (κ1) is 6.95. The summed E-state index contributed by atoms with van der Waals surface area (Å²) in [5.74, 6) is 1.47. The third-order valence-corrected chi connectivity index (χ3v) is 3.05. The SMILES string of the molecule is O=C(O)NC1C[C@H]2CCC1C2. The first-order chi connectivity index (χ1) is 5.25. The van der Waals surface area contributed by atoms with Crippen molar-refractivity contribution in [1.82, 2.24) is 5.32 Å². The minimum Gasteiger partial charge on any atom is -0.465 e. The zero-order valence-electron chi connectivity index (χ0n) is 6.42. The molecule has 62 valence electrons. The van der Waals surface area contributed by atoms with E-state index in [9.17, 15) is 4.79 Å². The molecule has 2 aliphatic carbocycles. The molecule has 1 amide bonds. The van der Waals surface area contributed by atoms with Crippen LogP contribution in [-0.2, 0) is 0 Å². The van der Waals surface area contributed by atoms with Gasteiger partial charge in [-0.25, -0.2) is 4.79 Å². The topological polar surface area (TPSA) is 49.3 Å². The molecule has 0 aromatic heterocycles. The number of rotatable bonds is 1. The Bertz CT molecular complexity index is 181. The molecular weight excluding hydrogens is 142 g/mol. The molecule has 11 heavy (non-hydrogen) atoms. The summed E-state index contributed by atoms with van der Waals surface area (Å²) >= 11 is 0. The molecule has 0 saturated heterocycles. The molecule has 3 nitrogen and oxygen atoms in total. The van der Waals surface area contributed by atoms with Gasteiger partial charge in [0.2, 0.25) is 0 Å². The Morgan fingerprint density at radius 2 is 2.18 bits per heavy atom. The van der Waals surface area contributed by atoms with Gasteiger partial charge in [0.25, 0.3) is 0 Å². The maximum atomic E-state index is 10.3. The number of hydrogen-bond acceptors (Lipinski definition) is 1. The van der Waals surface area contributed by atoms with Crippen molar-refractivity contribution >= 4 is 6.09 Å². The average molecular weight is 155 g/mol. The largest absolute Gasteiger partial charge is 0.465 e. The first-order valence-corrected chi connectivity index (χ1v) is 4.25. The van der Waals surface area contributed by atoms with E-state index in [1.165, 1.54) is 19.3 Å². The molecule has 3 heteroatoms. The molecule has 2 bridgehead atoms. The second kappa shape index (κ2) is 2.40. The van der Waals surface area contributed by atoms with Crippen LogP contribution in [0.25, 0.3) is 0 Å². The summed E-state index contributed by atoms with van der Waals surface area (Å²) < 4.78 is 0. The Kier molecular flexibility index (Phi) is 1.51. The highest BCUT2D eigenvalue weighted by atomic mass is 16.4. The second-order valence-corrected chi connectivity index (χ2v) is 3.73. The van der Waals surface area contributed by atoms with E-state index in [1.54, 1.807) is 0 Å². The van der Waals surface area contributed by atoms with Gasteiger partial charge in [-0.05, 0) is 31.1 Å². The van der Waals surface area contributed by atoms with E-state index >= 15 is 0 Å². The minimum absolute atomic E-state index is 0.270. The van der Waals surface area contributed by atoms with E-state index in [0.717, 1.165) is 12.3 Å². The molecule has 0 aromatic rings. The fourth-order valence-corrected chi connectivity index (χ4v) is 2.58. The molecule has 0 aromatic carbocycles. The monoisotopic (exact) mass is 155 g/mol. The Morgan fingerprint density at radius 3 is 2.64 bits per heavy atom. The van der Waals surface area contributed by atoms with E-state index in [1.807, 2.05) is 0 Å². The summed E-state index contributed by atoms with van der Waals surface area (Å²) in [4.78, 5) is 10.3. The van der Waals surface area contributed by atoms with Crippen molar-refractivity contribution < 1.29 is 9.90 Å². The normalized spacial score (nSPS) is 40.9. The van der Waals surface area contributed by atoms with E-state index in [0.29, 0.717) is 5.92 Å². The van der Waals surface area contributed by atoms with Crippen LogP contribution in [0.4, 0.5) is 4.79 Å². The molecule has 2 fully saturated rings. The van der Waals surface area contributed by atoms with Crippen molar-refractivity contribution in [3.63, 3.8) is 0 Å². The smallest absolute Gasteiger partial charge is 0.404 e. The molecule has 0 spiro atoms. The van der Waals surface area contributed by atoms with Crippen molar-refractivity contribution in [1.29, 1.82) is 0 Å². The summed E-state index contributed by atoms with van der Waals surface area (Å²) in [6.07, 6.45) is 4.03. The summed E-state index contributed by atoms with van der Waals surface area (Å²) in [5.41, 5.74) is 0. The van der Waals surface area contributed by atoms with Gasteiger partial charge in [0.1, 0.15) is 0 Å². The molecule has 2 saturated carbocycles. The first-order valence-electron chi connectivity index (χ1n) is 4.25. The lowest BCUT2D eigenvalue weighted by Gasteiger charge is -2.20. The van der Waals surface area contributed by atoms with E-state index in [2.05, 4.69) is 5.32 Å².